The fourth-order valence-corrected chi connectivity index (χ4v) is 3.33. The van der Waals surface area contributed by atoms with Crippen molar-refractivity contribution in [2.75, 3.05) is 0 Å². The molecule has 2 aliphatic carbocycles. The van der Waals surface area contributed by atoms with Crippen molar-refractivity contribution in [3.8, 4) is 0 Å². The highest BCUT2D eigenvalue weighted by Crippen LogP contribution is 2.32. The molecule has 0 amide bonds. The molecule has 0 unspecified atom stereocenters. The number of carbonyl (C=O) groups is 1. The highest BCUT2D eigenvalue weighted by molar-refractivity contribution is 5.75. The van der Waals surface area contributed by atoms with Crippen molar-refractivity contribution in [3.63, 3.8) is 0 Å². The SMILES string of the molecule is O=Cc1c2c(nn1C1CCCCC1)CCCC2. The number of hydrogen-bond acceptors (Lipinski definition) is 2. The highest BCUT2D eigenvalue weighted by atomic mass is 16.1. The third kappa shape index (κ3) is 1.92. The van der Waals surface area contributed by atoms with Crippen LogP contribution in [0, 0.1) is 0 Å². The number of aromatic nitrogens is 2. The summed E-state index contributed by atoms with van der Waals surface area (Å²) in [5.41, 5.74) is 3.33. The van der Waals surface area contributed by atoms with Gasteiger partial charge in [-0.3, -0.25) is 9.48 Å². The topological polar surface area (TPSA) is 34.9 Å². The minimum atomic E-state index is 0.481. The lowest BCUT2D eigenvalue weighted by molar-refractivity contribution is 0.110. The molecule has 0 saturated heterocycles. The summed E-state index contributed by atoms with van der Waals surface area (Å²) in [6.07, 6.45) is 11.9. The van der Waals surface area contributed by atoms with Gasteiger partial charge in [-0.15, -0.1) is 0 Å². The zero-order valence-corrected chi connectivity index (χ0v) is 10.3. The van der Waals surface area contributed by atoms with E-state index in [2.05, 4.69) is 4.68 Å². The first kappa shape index (κ1) is 11.0. The largest absolute Gasteiger partial charge is 0.296 e. The smallest absolute Gasteiger partial charge is 0.168 e. The molecule has 0 bridgehead atoms. The molecule has 3 heteroatoms. The molecule has 92 valence electrons. The Balaban J connectivity index is 1.97. The number of aryl methyl sites for hydroxylation is 1. The molecule has 0 N–H and O–H groups in total. The standard InChI is InChI=1S/C14H20N2O/c17-10-14-12-8-4-5-9-13(12)15-16(14)11-6-2-1-3-7-11/h10-11H,1-9H2. The molecule has 1 aromatic rings. The summed E-state index contributed by atoms with van der Waals surface area (Å²) in [4.78, 5) is 11.3. The number of nitrogens with zero attached hydrogens (tertiary/aromatic N) is 2. The summed E-state index contributed by atoms with van der Waals surface area (Å²) in [7, 11) is 0. The van der Waals surface area contributed by atoms with Gasteiger partial charge in [-0.25, -0.2) is 0 Å². The first-order chi connectivity index (χ1) is 8.40. The van der Waals surface area contributed by atoms with Crippen molar-refractivity contribution in [1.82, 2.24) is 9.78 Å². The van der Waals surface area contributed by atoms with Gasteiger partial charge in [0, 0.05) is 5.56 Å². The Morgan fingerprint density at radius 1 is 1.06 bits per heavy atom. The van der Waals surface area contributed by atoms with Crippen LogP contribution in [0.15, 0.2) is 0 Å². The maximum Gasteiger partial charge on any atom is 0.168 e. The van der Waals surface area contributed by atoms with Crippen LogP contribution < -0.4 is 0 Å². The summed E-state index contributed by atoms with van der Waals surface area (Å²) in [5.74, 6) is 0. The number of rotatable bonds is 2. The molecule has 3 rings (SSSR count). The van der Waals surface area contributed by atoms with Crippen molar-refractivity contribution in [3.05, 3.63) is 17.0 Å². The van der Waals surface area contributed by atoms with E-state index in [1.54, 1.807) is 0 Å². The minimum Gasteiger partial charge on any atom is -0.296 e. The van der Waals surface area contributed by atoms with E-state index in [0.29, 0.717) is 6.04 Å². The van der Waals surface area contributed by atoms with Crippen LogP contribution >= 0.6 is 0 Å². The summed E-state index contributed by atoms with van der Waals surface area (Å²) in [6.45, 7) is 0. The number of carbonyl (C=O) groups excluding carboxylic acids is 1. The van der Waals surface area contributed by atoms with Gasteiger partial charge in [-0.2, -0.15) is 5.10 Å². The van der Waals surface area contributed by atoms with E-state index in [9.17, 15) is 4.79 Å². The molecule has 3 nitrogen and oxygen atoms in total. The monoisotopic (exact) mass is 232 g/mol. The van der Waals surface area contributed by atoms with E-state index in [4.69, 9.17) is 5.10 Å². The van der Waals surface area contributed by atoms with Crippen molar-refractivity contribution >= 4 is 6.29 Å². The normalized spacial score (nSPS) is 21.2. The second kappa shape index (κ2) is 4.63. The van der Waals surface area contributed by atoms with Crippen LogP contribution in [0.2, 0.25) is 0 Å². The lowest BCUT2D eigenvalue weighted by Gasteiger charge is -2.23. The van der Waals surface area contributed by atoms with Crippen molar-refractivity contribution in [2.24, 2.45) is 0 Å². The van der Waals surface area contributed by atoms with Crippen LogP contribution in [0.25, 0.3) is 0 Å². The predicted octanol–water partition coefficient (Wildman–Crippen LogP) is 3.08. The Bertz CT molecular complexity index is 416. The van der Waals surface area contributed by atoms with Crippen LogP contribution in [0.5, 0.6) is 0 Å². The molecule has 17 heavy (non-hydrogen) atoms. The average molecular weight is 232 g/mol. The van der Waals surface area contributed by atoms with Crippen LogP contribution in [0.1, 0.15) is 72.7 Å². The predicted molar refractivity (Wildman–Crippen MR) is 66.4 cm³/mol. The average Bonchev–Trinajstić information content (AvgIpc) is 2.78. The highest BCUT2D eigenvalue weighted by Gasteiger charge is 2.25. The molecule has 0 aliphatic heterocycles. The molecular weight excluding hydrogens is 212 g/mol. The lowest BCUT2D eigenvalue weighted by Crippen LogP contribution is -2.16. The molecule has 1 aromatic heterocycles. The maximum absolute atomic E-state index is 11.3. The molecule has 2 aliphatic rings. The van der Waals surface area contributed by atoms with Gasteiger partial charge in [0.2, 0.25) is 0 Å². The van der Waals surface area contributed by atoms with Crippen molar-refractivity contribution < 1.29 is 4.79 Å². The van der Waals surface area contributed by atoms with Gasteiger partial charge in [0.05, 0.1) is 11.7 Å². The second-order valence-corrected chi connectivity index (χ2v) is 5.37. The first-order valence-corrected chi connectivity index (χ1v) is 6.95. The Morgan fingerprint density at radius 3 is 2.59 bits per heavy atom. The molecule has 1 saturated carbocycles. The fourth-order valence-electron chi connectivity index (χ4n) is 3.33. The fraction of sp³-hybridized carbons (Fsp3) is 0.714. The third-order valence-electron chi connectivity index (χ3n) is 4.26. The van der Waals surface area contributed by atoms with Crippen LogP contribution in [0.4, 0.5) is 0 Å². The Morgan fingerprint density at radius 2 is 1.82 bits per heavy atom. The Kier molecular flexibility index (Phi) is 3.00. The van der Waals surface area contributed by atoms with Crippen molar-refractivity contribution in [1.29, 1.82) is 0 Å². The second-order valence-electron chi connectivity index (χ2n) is 5.37. The van der Waals surface area contributed by atoms with Crippen LogP contribution in [-0.2, 0) is 12.8 Å². The Labute approximate surface area is 102 Å². The third-order valence-corrected chi connectivity index (χ3v) is 4.26. The van der Waals surface area contributed by atoms with Gasteiger partial charge < -0.3 is 0 Å². The van der Waals surface area contributed by atoms with E-state index in [0.717, 1.165) is 24.8 Å². The van der Waals surface area contributed by atoms with E-state index < -0.39 is 0 Å². The molecule has 1 fully saturated rings. The van der Waals surface area contributed by atoms with Gasteiger partial charge in [-0.05, 0) is 38.5 Å². The van der Waals surface area contributed by atoms with Crippen LogP contribution in [-0.4, -0.2) is 16.1 Å². The molecule has 0 radical (unpaired) electrons. The summed E-state index contributed by atoms with van der Waals surface area (Å²) in [5, 5.41) is 4.73. The van der Waals surface area contributed by atoms with Crippen LogP contribution in [0.3, 0.4) is 0 Å². The van der Waals surface area contributed by atoms with Gasteiger partial charge in [0.15, 0.2) is 6.29 Å². The molecule has 1 heterocycles. The quantitative estimate of drug-likeness (QED) is 0.734. The molecule has 0 atom stereocenters. The lowest BCUT2D eigenvalue weighted by atomic mass is 9.94. The van der Waals surface area contributed by atoms with Crippen molar-refractivity contribution in [2.45, 2.75) is 63.8 Å². The van der Waals surface area contributed by atoms with Gasteiger partial charge in [0.25, 0.3) is 0 Å². The van der Waals surface area contributed by atoms with Gasteiger partial charge >= 0.3 is 0 Å². The Hall–Kier alpha value is -1.12. The minimum absolute atomic E-state index is 0.481. The summed E-state index contributed by atoms with van der Waals surface area (Å²) < 4.78 is 2.06. The maximum atomic E-state index is 11.3. The van der Waals surface area contributed by atoms with E-state index in [1.807, 2.05) is 0 Å². The molecule has 0 aromatic carbocycles. The number of hydrogen-bond donors (Lipinski definition) is 0. The summed E-state index contributed by atoms with van der Waals surface area (Å²) >= 11 is 0. The first-order valence-electron chi connectivity index (χ1n) is 6.95. The summed E-state index contributed by atoms with van der Waals surface area (Å²) in [6, 6.07) is 0.481. The molecular formula is C14H20N2O. The zero-order chi connectivity index (χ0) is 11.7. The number of fused-ring (bicyclic) bond motifs is 1. The van der Waals surface area contributed by atoms with Gasteiger partial charge in [-0.1, -0.05) is 19.3 Å². The molecule has 0 spiro atoms. The van der Waals surface area contributed by atoms with Gasteiger partial charge in [0.1, 0.15) is 5.69 Å². The van der Waals surface area contributed by atoms with E-state index in [-0.39, 0.29) is 0 Å². The number of aldehydes is 1. The van der Waals surface area contributed by atoms with E-state index in [1.165, 1.54) is 56.2 Å². The zero-order valence-electron chi connectivity index (χ0n) is 10.3. The van der Waals surface area contributed by atoms with E-state index >= 15 is 0 Å².